The molecule has 28 heavy (non-hydrogen) atoms. The number of nitrogens with zero attached hydrogens (tertiary/aromatic N) is 1. The first-order chi connectivity index (χ1) is 13.7. The second kappa shape index (κ2) is 9.07. The molecule has 1 saturated carbocycles. The zero-order valence-electron chi connectivity index (χ0n) is 17.6. The van der Waals surface area contributed by atoms with Crippen molar-refractivity contribution in [3.8, 4) is 0 Å². The quantitative estimate of drug-likeness (QED) is 0.494. The van der Waals surface area contributed by atoms with E-state index in [-0.39, 0.29) is 0 Å². The highest BCUT2D eigenvalue weighted by Gasteiger charge is 2.29. The van der Waals surface area contributed by atoms with Crippen LogP contribution in [0.1, 0.15) is 81.9 Å². The first-order valence-electron chi connectivity index (χ1n) is 11.4. The molecule has 0 N–H and O–H groups in total. The van der Waals surface area contributed by atoms with Crippen molar-refractivity contribution in [1.82, 2.24) is 4.98 Å². The van der Waals surface area contributed by atoms with Gasteiger partial charge in [-0.3, -0.25) is 4.98 Å². The van der Waals surface area contributed by atoms with Gasteiger partial charge in [0.05, 0.1) is 0 Å². The molecule has 1 aromatic heterocycles. The van der Waals surface area contributed by atoms with E-state index in [1.807, 2.05) is 12.3 Å². The van der Waals surface area contributed by atoms with Gasteiger partial charge in [0.2, 0.25) is 0 Å². The molecule has 1 fully saturated rings. The summed E-state index contributed by atoms with van der Waals surface area (Å²) in [5, 5.41) is 0. The lowest BCUT2D eigenvalue weighted by Crippen LogP contribution is -2.21. The first kappa shape index (κ1) is 19.4. The molecule has 0 radical (unpaired) electrons. The molecule has 2 aliphatic carbocycles. The van der Waals surface area contributed by atoms with Gasteiger partial charge >= 0.3 is 0 Å². The van der Waals surface area contributed by atoms with E-state index in [1.54, 1.807) is 5.57 Å². The van der Waals surface area contributed by atoms with Crippen LogP contribution in [-0.4, -0.2) is 4.98 Å². The van der Waals surface area contributed by atoms with Crippen LogP contribution >= 0.6 is 0 Å². The average molecular weight is 374 g/mol. The topological polar surface area (TPSA) is 12.9 Å². The zero-order chi connectivity index (χ0) is 19.3. The lowest BCUT2D eigenvalue weighted by Gasteiger charge is -2.35. The molecule has 148 valence electrons. The average Bonchev–Trinajstić information content (AvgIpc) is 2.75. The third-order valence-electron chi connectivity index (χ3n) is 7.12. The van der Waals surface area contributed by atoms with Crippen molar-refractivity contribution < 1.29 is 0 Å². The summed E-state index contributed by atoms with van der Waals surface area (Å²) < 4.78 is 0. The second-order valence-electron chi connectivity index (χ2n) is 9.43. The van der Waals surface area contributed by atoms with E-state index in [9.17, 15) is 0 Å². The Morgan fingerprint density at radius 1 is 0.893 bits per heavy atom. The molecule has 2 aromatic rings. The Morgan fingerprint density at radius 2 is 1.64 bits per heavy atom. The van der Waals surface area contributed by atoms with E-state index in [0.717, 1.165) is 11.8 Å². The van der Waals surface area contributed by atoms with Crippen molar-refractivity contribution in [3.05, 3.63) is 77.6 Å². The van der Waals surface area contributed by atoms with Crippen molar-refractivity contribution >= 4 is 0 Å². The second-order valence-corrected chi connectivity index (χ2v) is 9.43. The van der Waals surface area contributed by atoms with Crippen LogP contribution in [0.5, 0.6) is 0 Å². The molecule has 1 aromatic carbocycles. The predicted octanol–water partition coefficient (Wildman–Crippen LogP) is 7.52. The fourth-order valence-electron chi connectivity index (χ4n) is 5.49. The molecule has 0 saturated heterocycles. The van der Waals surface area contributed by atoms with Gasteiger partial charge in [-0.25, -0.2) is 0 Å². The number of rotatable bonds is 5. The lowest BCUT2D eigenvalue weighted by molar-refractivity contribution is 0.249. The van der Waals surface area contributed by atoms with Crippen molar-refractivity contribution in [1.29, 1.82) is 0 Å². The van der Waals surface area contributed by atoms with Crippen LogP contribution in [0.2, 0.25) is 0 Å². The summed E-state index contributed by atoms with van der Waals surface area (Å²) in [6, 6.07) is 17.6. The molecule has 0 amide bonds. The Balaban J connectivity index is 1.37. The summed E-state index contributed by atoms with van der Waals surface area (Å²) in [6.07, 6.45) is 14.0. The smallest absolute Gasteiger partial charge is 0.0434 e. The fourth-order valence-corrected chi connectivity index (χ4v) is 5.49. The Bertz CT molecular complexity index is 753. The molecule has 1 heteroatoms. The van der Waals surface area contributed by atoms with Gasteiger partial charge < -0.3 is 0 Å². The summed E-state index contributed by atoms with van der Waals surface area (Å²) in [4.78, 5) is 4.61. The van der Waals surface area contributed by atoms with Gasteiger partial charge in [0.25, 0.3) is 0 Å². The molecule has 2 aliphatic rings. The van der Waals surface area contributed by atoms with Crippen LogP contribution in [0.4, 0.5) is 0 Å². The van der Waals surface area contributed by atoms with Gasteiger partial charge in [0, 0.05) is 23.7 Å². The monoisotopic (exact) mass is 373 g/mol. The molecule has 0 aliphatic heterocycles. The normalized spacial score (nSPS) is 28.2. The van der Waals surface area contributed by atoms with Crippen LogP contribution < -0.4 is 0 Å². The van der Waals surface area contributed by atoms with Crippen molar-refractivity contribution in [2.75, 3.05) is 0 Å². The van der Waals surface area contributed by atoms with Gasteiger partial charge in [0.1, 0.15) is 0 Å². The summed E-state index contributed by atoms with van der Waals surface area (Å²) >= 11 is 0. The Morgan fingerprint density at radius 3 is 2.32 bits per heavy atom. The van der Waals surface area contributed by atoms with Gasteiger partial charge in [-0.2, -0.15) is 0 Å². The summed E-state index contributed by atoms with van der Waals surface area (Å²) in [5.74, 6) is 3.74. The molecule has 2 unspecified atom stereocenters. The SMILES string of the molecule is CC(C)C1=CC(c2ccccc2)CC(CC2CCC(c3ccccn3)CC2)C1. The molecular formula is C27H35N. The van der Waals surface area contributed by atoms with Crippen molar-refractivity contribution in [3.63, 3.8) is 0 Å². The van der Waals surface area contributed by atoms with Gasteiger partial charge in [0.15, 0.2) is 0 Å². The van der Waals surface area contributed by atoms with E-state index in [2.05, 4.69) is 67.4 Å². The highest BCUT2D eigenvalue weighted by atomic mass is 14.7. The van der Waals surface area contributed by atoms with Crippen LogP contribution in [-0.2, 0) is 0 Å². The number of hydrogen-bond donors (Lipinski definition) is 0. The van der Waals surface area contributed by atoms with Crippen LogP contribution in [0, 0.1) is 17.8 Å². The van der Waals surface area contributed by atoms with E-state index < -0.39 is 0 Å². The van der Waals surface area contributed by atoms with Crippen LogP contribution in [0.25, 0.3) is 0 Å². The number of hydrogen-bond acceptors (Lipinski definition) is 1. The highest BCUT2D eigenvalue weighted by molar-refractivity contribution is 5.28. The number of aromatic nitrogens is 1. The standard InChI is InChI=1S/C27H35N/c1-20(2)25-17-22(18-26(19-25)23-8-4-3-5-9-23)16-21-11-13-24(14-12-21)27-10-6-7-15-28-27/h3-10,15,19-22,24,26H,11-14,16-18H2,1-2H3. The maximum absolute atomic E-state index is 4.61. The highest BCUT2D eigenvalue weighted by Crippen LogP contribution is 2.43. The number of benzene rings is 1. The Hall–Kier alpha value is -1.89. The number of allylic oxidation sites excluding steroid dienone is 2. The largest absolute Gasteiger partial charge is 0.261 e. The van der Waals surface area contributed by atoms with E-state index >= 15 is 0 Å². The summed E-state index contributed by atoms with van der Waals surface area (Å²) in [5.41, 5.74) is 4.50. The van der Waals surface area contributed by atoms with Crippen molar-refractivity contribution in [2.24, 2.45) is 17.8 Å². The van der Waals surface area contributed by atoms with E-state index in [0.29, 0.717) is 17.8 Å². The third kappa shape index (κ3) is 4.74. The predicted molar refractivity (Wildman–Crippen MR) is 118 cm³/mol. The van der Waals surface area contributed by atoms with Crippen molar-refractivity contribution in [2.45, 2.75) is 70.6 Å². The zero-order valence-corrected chi connectivity index (χ0v) is 17.6. The molecule has 1 nitrogen and oxygen atoms in total. The third-order valence-corrected chi connectivity index (χ3v) is 7.12. The molecule has 1 heterocycles. The van der Waals surface area contributed by atoms with E-state index in [4.69, 9.17) is 0 Å². The molecule has 4 rings (SSSR count). The molecule has 2 atom stereocenters. The number of pyridine rings is 1. The van der Waals surface area contributed by atoms with Crippen LogP contribution in [0.3, 0.4) is 0 Å². The van der Waals surface area contributed by atoms with Gasteiger partial charge in [-0.05, 0) is 80.4 Å². The fraction of sp³-hybridized carbons (Fsp3) is 0.519. The maximum atomic E-state index is 4.61. The minimum absolute atomic E-state index is 0.613. The minimum Gasteiger partial charge on any atom is -0.261 e. The lowest BCUT2D eigenvalue weighted by atomic mass is 9.70. The summed E-state index contributed by atoms with van der Waals surface area (Å²) in [7, 11) is 0. The van der Waals surface area contributed by atoms with Crippen LogP contribution in [0.15, 0.2) is 66.4 Å². The van der Waals surface area contributed by atoms with Gasteiger partial charge in [-0.15, -0.1) is 0 Å². The summed E-state index contributed by atoms with van der Waals surface area (Å²) in [6.45, 7) is 4.74. The molecule has 0 spiro atoms. The Kier molecular flexibility index (Phi) is 6.29. The minimum atomic E-state index is 0.613. The maximum Gasteiger partial charge on any atom is 0.0434 e. The van der Waals surface area contributed by atoms with E-state index in [1.165, 1.54) is 56.2 Å². The Labute approximate surface area is 171 Å². The molecule has 0 bridgehead atoms. The first-order valence-corrected chi connectivity index (χ1v) is 11.4. The van der Waals surface area contributed by atoms with Gasteiger partial charge in [-0.1, -0.05) is 61.9 Å². The molecular weight excluding hydrogens is 338 g/mol.